The van der Waals surface area contributed by atoms with Gasteiger partial charge in [-0.3, -0.25) is 4.79 Å². The zero-order chi connectivity index (χ0) is 16.8. The van der Waals surface area contributed by atoms with Crippen LogP contribution in [-0.2, 0) is 20.4 Å². The zero-order valence-corrected chi connectivity index (χ0v) is 11.7. The number of benzene rings is 1. The molecule has 0 unspecified atom stereocenters. The molecule has 0 saturated heterocycles. The lowest BCUT2D eigenvalue weighted by Gasteiger charge is -2.08. The molecule has 0 bridgehead atoms. The molecule has 120 valence electrons. The Bertz CT molecular complexity index is 552. The molecule has 0 aromatic heterocycles. The first-order chi connectivity index (χ1) is 10.2. The Labute approximate surface area is 124 Å². The van der Waals surface area contributed by atoms with Crippen LogP contribution < -0.4 is 0 Å². The molecule has 0 spiro atoms. The number of carbonyl (C=O) groups excluding carboxylic acids is 2. The maximum absolute atomic E-state index is 12.4. The highest BCUT2D eigenvalue weighted by atomic mass is 19.4. The van der Waals surface area contributed by atoms with E-state index >= 15 is 0 Å². The van der Waals surface area contributed by atoms with Crippen molar-refractivity contribution in [2.24, 2.45) is 0 Å². The van der Waals surface area contributed by atoms with Crippen LogP contribution in [0, 0.1) is 5.41 Å². The first-order valence-electron chi connectivity index (χ1n) is 6.24. The molecule has 1 N–H and O–H groups in total. The molecule has 0 radical (unpaired) electrons. The molecular weight excluding hydrogens is 303 g/mol. The van der Waals surface area contributed by atoms with Gasteiger partial charge in [-0.05, 0) is 31.2 Å². The molecule has 0 atom stereocenters. The fraction of sp³-hybridized carbons (Fsp3) is 0.357. The van der Waals surface area contributed by atoms with Gasteiger partial charge in [-0.1, -0.05) is 0 Å². The van der Waals surface area contributed by atoms with E-state index in [1.54, 1.807) is 0 Å². The molecule has 1 aromatic rings. The predicted octanol–water partition coefficient (Wildman–Crippen LogP) is 2.84. The second-order valence-electron chi connectivity index (χ2n) is 4.39. The molecule has 0 aliphatic rings. The highest BCUT2D eigenvalue weighted by Crippen LogP contribution is 2.29. The predicted molar refractivity (Wildman–Crippen MR) is 70.7 cm³/mol. The Kier molecular flexibility index (Phi) is 6.09. The second-order valence-corrected chi connectivity index (χ2v) is 4.39. The number of ether oxygens (including phenoxy) is 2. The summed E-state index contributed by atoms with van der Waals surface area (Å²) in [5, 5.41) is 7.08. The van der Waals surface area contributed by atoms with E-state index in [9.17, 15) is 22.8 Å². The average molecular weight is 317 g/mol. The first-order valence-corrected chi connectivity index (χ1v) is 6.24. The zero-order valence-electron chi connectivity index (χ0n) is 11.7. The van der Waals surface area contributed by atoms with Crippen LogP contribution in [0.4, 0.5) is 13.2 Å². The van der Waals surface area contributed by atoms with Gasteiger partial charge in [0, 0.05) is 5.71 Å². The summed E-state index contributed by atoms with van der Waals surface area (Å²) in [5.41, 5.74) is -0.749. The van der Waals surface area contributed by atoms with Gasteiger partial charge in [0.1, 0.15) is 13.2 Å². The van der Waals surface area contributed by atoms with E-state index in [1.165, 1.54) is 6.92 Å². The molecule has 5 nitrogen and oxygen atoms in total. The van der Waals surface area contributed by atoms with Crippen LogP contribution in [-0.4, -0.2) is 30.9 Å². The molecule has 22 heavy (non-hydrogen) atoms. The summed E-state index contributed by atoms with van der Waals surface area (Å²) in [5.74, 6) is -1.42. The lowest BCUT2D eigenvalue weighted by molar-refractivity contribution is -0.143. The van der Waals surface area contributed by atoms with Crippen LogP contribution >= 0.6 is 0 Å². The third-order valence-corrected chi connectivity index (χ3v) is 2.44. The second kappa shape index (κ2) is 7.58. The molecule has 0 amide bonds. The van der Waals surface area contributed by atoms with E-state index in [1.807, 2.05) is 0 Å². The highest BCUT2D eigenvalue weighted by molar-refractivity contribution is 5.95. The molecule has 1 aromatic carbocycles. The van der Waals surface area contributed by atoms with Gasteiger partial charge in [0.05, 0.1) is 17.5 Å². The maximum atomic E-state index is 12.4. The minimum Gasteiger partial charge on any atom is -0.462 e. The fourth-order valence-corrected chi connectivity index (χ4v) is 1.44. The smallest absolute Gasteiger partial charge is 0.416 e. The van der Waals surface area contributed by atoms with E-state index in [0.29, 0.717) is 0 Å². The number of hydrogen-bond donors (Lipinski definition) is 1. The van der Waals surface area contributed by atoms with Crippen molar-refractivity contribution in [3.63, 3.8) is 0 Å². The quantitative estimate of drug-likeness (QED) is 0.497. The highest BCUT2D eigenvalue weighted by Gasteiger charge is 2.30. The van der Waals surface area contributed by atoms with Crippen LogP contribution in [0.2, 0.25) is 0 Å². The minimum absolute atomic E-state index is 0.0327. The summed E-state index contributed by atoms with van der Waals surface area (Å²) in [4.78, 5) is 22.6. The largest absolute Gasteiger partial charge is 0.462 e. The van der Waals surface area contributed by atoms with E-state index in [-0.39, 0.29) is 30.9 Å². The Balaban J connectivity index is 2.40. The Hall–Kier alpha value is -2.38. The van der Waals surface area contributed by atoms with Crippen LogP contribution in [0.5, 0.6) is 0 Å². The number of hydrogen-bond acceptors (Lipinski definition) is 5. The van der Waals surface area contributed by atoms with Gasteiger partial charge < -0.3 is 14.9 Å². The summed E-state index contributed by atoms with van der Waals surface area (Å²) in [6.45, 7) is 1.05. The summed E-state index contributed by atoms with van der Waals surface area (Å²) < 4.78 is 46.5. The van der Waals surface area contributed by atoms with Gasteiger partial charge in [-0.15, -0.1) is 0 Å². The standard InChI is InChI=1S/C14H14F3NO4/c1-9(18)8-12(19)21-6-7-22-13(20)10-2-4-11(5-3-10)14(15,16)17/h2-5,18H,6-8H2,1H3. The lowest BCUT2D eigenvalue weighted by Crippen LogP contribution is -2.15. The molecule has 0 aliphatic carbocycles. The number of alkyl halides is 3. The van der Waals surface area contributed by atoms with E-state index < -0.39 is 23.7 Å². The summed E-state index contributed by atoms with van der Waals surface area (Å²) >= 11 is 0. The minimum atomic E-state index is -4.47. The summed E-state index contributed by atoms with van der Waals surface area (Å²) in [6.07, 6.45) is -4.61. The Morgan fingerprint density at radius 1 is 1.09 bits per heavy atom. The molecule has 1 rings (SSSR count). The number of rotatable bonds is 6. The molecule has 0 fully saturated rings. The van der Waals surface area contributed by atoms with Gasteiger partial charge in [0.2, 0.25) is 0 Å². The SMILES string of the molecule is CC(=N)CC(=O)OCCOC(=O)c1ccc(C(F)(F)F)cc1. The summed E-state index contributed by atoms with van der Waals surface area (Å²) in [7, 11) is 0. The molecule has 0 aliphatic heterocycles. The van der Waals surface area contributed by atoms with Gasteiger partial charge in [-0.25, -0.2) is 4.79 Å². The normalized spacial score (nSPS) is 10.9. The van der Waals surface area contributed by atoms with Crippen LogP contribution in [0.15, 0.2) is 24.3 Å². The number of halogens is 3. The average Bonchev–Trinajstić information content (AvgIpc) is 2.42. The van der Waals surface area contributed by atoms with E-state index in [4.69, 9.17) is 14.9 Å². The molecule has 0 saturated carbocycles. The van der Waals surface area contributed by atoms with Crippen LogP contribution in [0.25, 0.3) is 0 Å². The van der Waals surface area contributed by atoms with E-state index in [2.05, 4.69) is 0 Å². The lowest BCUT2D eigenvalue weighted by atomic mass is 10.1. The van der Waals surface area contributed by atoms with Crippen molar-refractivity contribution >= 4 is 17.7 Å². The Morgan fingerprint density at radius 2 is 1.64 bits per heavy atom. The number of esters is 2. The molecule has 8 heteroatoms. The van der Waals surface area contributed by atoms with Crippen molar-refractivity contribution in [1.82, 2.24) is 0 Å². The van der Waals surface area contributed by atoms with Gasteiger partial charge in [0.15, 0.2) is 0 Å². The monoisotopic (exact) mass is 317 g/mol. The topological polar surface area (TPSA) is 76.5 Å². The van der Waals surface area contributed by atoms with Gasteiger partial charge >= 0.3 is 18.1 Å². The van der Waals surface area contributed by atoms with Crippen LogP contribution in [0.1, 0.15) is 29.3 Å². The molecule has 0 heterocycles. The van der Waals surface area contributed by atoms with Crippen molar-refractivity contribution < 1.29 is 32.2 Å². The van der Waals surface area contributed by atoms with E-state index in [0.717, 1.165) is 24.3 Å². The first kappa shape index (κ1) is 17.7. The van der Waals surface area contributed by atoms with Gasteiger partial charge in [-0.2, -0.15) is 13.2 Å². The number of nitrogens with one attached hydrogen (secondary N) is 1. The van der Waals surface area contributed by atoms with Crippen molar-refractivity contribution in [3.05, 3.63) is 35.4 Å². The molecular formula is C14H14F3NO4. The third kappa shape index (κ3) is 5.94. The van der Waals surface area contributed by atoms with Crippen LogP contribution in [0.3, 0.4) is 0 Å². The fourth-order valence-electron chi connectivity index (χ4n) is 1.44. The van der Waals surface area contributed by atoms with Crippen molar-refractivity contribution in [1.29, 1.82) is 5.41 Å². The van der Waals surface area contributed by atoms with Crippen molar-refractivity contribution in [2.45, 2.75) is 19.5 Å². The van der Waals surface area contributed by atoms with Gasteiger partial charge in [0.25, 0.3) is 0 Å². The number of carbonyl (C=O) groups is 2. The maximum Gasteiger partial charge on any atom is 0.416 e. The summed E-state index contributed by atoms with van der Waals surface area (Å²) in [6, 6.07) is 3.58. The van der Waals surface area contributed by atoms with Crippen molar-refractivity contribution in [3.8, 4) is 0 Å². The van der Waals surface area contributed by atoms with Crippen molar-refractivity contribution in [2.75, 3.05) is 13.2 Å². The third-order valence-electron chi connectivity index (χ3n) is 2.44. The Morgan fingerprint density at radius 3 is 2.14 bits per heavy atom.